The fraction of sp³-hybridized carbons (Fsp3) is 0.562. The fourth-order valence-corrected chi connectivity index (χ4v) is 2.33. The number of hydrogen-bond donors (Lipinski definition) is 1. The molecule has 1 amide bonds. The molecule has 1 aromatic rings. The van der Waals surface area contributed by atoms with E-state index in [1.807, 2.05) is 26.8 Å². The third-order valence-corrected chi connectivity index (χ3v) is 3.80. The second kappa shape index (κ2) is 6.12. The lowest BCUT2D eigenvalue weighted by Gasteiger charge is -2.37. The van der Waals surface area contributed by atoms with Crippen molar-refractivity contribution in [2.75, 3.05) is 19.7 Å². The zero-order chi connectivity index (χ0) is 15.6. The number of ether oxygens (including phenoxy) is 1. The van der Waals surface area contributed by atoms with Crippen molar-refractivity contribution in [3.05, 3.63) is 35.6 Å². The van der Waals surface area contributed by atoms with E-state index in [1.165, 1.54) is 12.1 Å². The van der Waals surface area contributed by atoms with Crippen molar-refractivity contribution in [2.24, 2.45) is 11.1 Å². The summed E-state index contributed by atoms with van der Waals surface area (Å²) in [5, 5.41) is 0. The van der Waals surface area contributed by atoms with Crippen LogP contribution in [0, 0.1) is 11.2 Å². The number of carbonyl (C=O) groups is 1. The molecule has 1 aliphatic rings. The van der Waals surface area contributed by atoms with Crippen LogP contribution in [-0.4, -0.2) is 36.5 Å². The van der Waals surface area contributed by atoms with Gasteiger partial charge in [-0.15, -0.1) is 0 Å². The molecule has 0 spiro atoms. The van der Waals surface area contributed by atoms with E-state index < -0.39 is 6.04 Å². The monoisotopic (exact) mass is 294 g/mol. The standard InChI is InChI=1S/C16H23FN2O2/c1-16(2,3)14(18)15(20)19-7-8-21-13(10-19)11-5-4-6-12(17)9-11/h4-6,9,13-14H,7-8,10,18H2,1-3H3/t13-,14-/m1/s1. The average molecular weight is 294 g/mol. The lowest BCUT2D eigenvalue weighted by Crippen LogP contribution is -2.53. The minimum absolute atomic E-state index is 0.0767. The van der Waals surface area contributed by atoms with Crippen LogP contribution in [-0.2, 0) is 9.53 Å². The van der Waals surface area contributed by atoms with E-state index in [0.29, 0.717) is 19.7 Å². The number of hydrogen-bond acceptors (Lipinski definition) is 3. The van der Waals surface area contributed by atoms with Gasteiger partial charge in [0.2, 0.25) is 5.91 Å². The summed E-state index contributed by atoms with van der Waals surface area (Å²) in [4.78, 5) is 14.2. The van der Waals surface area contributed by atoms with Gasteiger partial charge in [-0.3, -0.25) is 4.79 Å². The second-order valence-corrected chi connectivity index (χ2v) is 6.54. The first-order valence-electron chi connectivity index (χ1n) is 7.20. The van der Waals surface area contributed by atoms with Gasteiger partial charge in [0.05, 0.1) is 19.2 Å². The molecule has 4 nitrogen and oxygen atoms in total. The van der Waals surface area contributed by atoms with E-state index in [4.69, 9.17) is 10.5 Å². The van der Waals surface area contributed by atoms with Crippen LogP contribution in [0.5, 0.6) is 0 Å². The van der Waals surface area contributed by atoms with Gasteiger partial charge in [-0.1, -0.05) is 32.9 Å². The number of morpholine rings is 1. The molecule has 2 rings (SSSR count). The van der Waals surface area contributed by atoms with E-state index in [1.54, 1.807) is 11.0 Å². The summed E-state index contributed by atoms with van der Waals surface area (Å²) in [6.07, 6.45) is -0.300. The molecule has 2 atom stereocenters. The van der Waals surface area contributed by atoms with Crippen molar-refractivity contribution in [2.45, 2.75) is 32.9 Å². The third-order valence-electron chi connectivity index (χ3n) is 3.80. The molecule has 0 bridgehead atoms. The molecule has 1 aliphatic heterocycles. The topological polar surface area (TPSA) is 55.6 Å². The van der Waals surface area contributed by atoms with E-state index in [9.17, 15) is 9.18 Å². The highest BCUT2D eigenvalue weighted by Crippen LogP contribution is 2.25. The molecule has 0 saturated carbocycles. The summed E-state index contributed by atoms with van der Waals surface area (Å²) in [6, 6.07) is 5.75. The molecule has 1 aromatic carbocycles. The van der Waals surface area contributed by atoms with Crippen LogP contribution in [0.3, 0.4) is 0 Å². The second-order valence-electron chi connectivity index (χ2n) is 6.54. The Kier molecular flexibility index (Phi) is 4.64. The third kappa shape index (κ3) is 3.80. The lowest BCUT2D eigenvalue weighted by atomic mass is 9.86. The smallest absolute Gasteiger partial charge is 0.240 e. The summed E-state index contributed by atoms with van der Waals surface area (Å²) in [5.74, 6) is -0.377. The summed E-state index contributed by atoms with van der Waals surface area (Å²) in [5.41, 5.74) is 6.50. The van der Waals surface area contributed by atoms with E-state index in [0.717, 1.165) is 5.56 Å². The Morgan fingerprint density at radius 1 is 1.48 bits per heavy atom. The Morgan fingerprint density at radius 2 is 2.19 bits per heavy atom. The molecule has 116 valence electrons. The first kappa shape index (κ1) is 15.9. The zero-order valence-corrected chi connectivity index (χ0v) is 12.8. The van der Waals surface area contributed by atoms with Crippen molar-refractivity contribution in [3.63, 3.8) is 0 Å². The summed E-state index contributed by atoms with van der Waals surface area (Å²) in [6.45, 7) is 7.20. The van der Waals surface area contributed by atoms with Crippen LogP contribution >= 0.6 is 0 Å². The van der Waals surface area contributed by atoms with Gasteiger partial charge in [0.15, 0.2) is 0 Å². The fourth-order valence-electron chi connectivity index (χ4n) is 2.33. The SMILES string of the molecule is CC(C)(C)[C@H](N)C(=O)N1CCO[C@@H](c2cccc(F)c2)C1. The largest absolute Gasteiger partial charge is 0.370 e. The number of benzene rings is 1. The molecule has 1 heterocycles. The average Bonchev–Trinajstić information content (AvgIpc) is 2.45. The van der Waals surface area contributed by atoms with Gasteiger partial charge in [0.1, 0.15) is 11.9 Å². The molecular weight excluding hydrogens is 271 g/mol. The Balaban J connectivity index is 2.09. The zero-order valence-electron chi connectivity index (χ0n) is 12.8. The Hall–Kier alpha value is -1.46. The minimum atomic E-state index is -0.552. The maximum atomic E-state index is 13.3. The Morgan fingerprint density at radius 3 is 2.81 bits per heavy atom. The summed E-state index contributed by atoms with van der Waals surface area (Å²) >= 11 is 0. The van der Waals surface area contributed by atoms with Gasteiger partial charge in [-0.25, -0.2) is 4.39 Å². The molecule has 0 radical (unpaired) electrons. The van der Waals surface area contributed by atoms with Gasteiger partial charge in [-0.2, -0.15) is 0 Å². The maximum absolute atomic E-state index is 13.3. The van der Waals surface area contributed by atoms with Crippen molar-refractivity contribution in [3.8, 4) is 0 Å². The van der Waals surface area contributed by atoms with Gasteiger partial charge >= 0.3 is 0 Å². The van der Waals surface area contributed by atoms with Crippen molar-refractivity contribution >= 4 is 5.91 Å². The van der Waals surface area contributed by atoms with Crippen LogP contribution in [0.4, 0.5) is 4.39 Å². The first-order chi connectivity index (χ1) is 9.79. The first-order valence-corrected chi connectivity index (χ1v) is 7.20. The van der Waals surface area contributed by atoms with Crippen LogP contribution in [0.25, 0.3) is 0 Å². The highest BCUT2D eigenvalue weighted by molar-refractivity contribution is 5.82. The highest BCUT2D eigenvalue weighted by atomic mass is 19.1. The summed E-state index contributed by atoms with van der Waals surface area (Å²) < 4.78 is 19.0. The molecule has 0 unspecified atom stereocenters. The van der Waals surface area contributed by atoms with Gasteiger partial charge in [0.25, 0.3) is 0 Å². The lowest BCUT2D eigenvalue weighted by molar-refractivity contribution is -0.142. The van der Waals surface area contributed by atoms with Crippen LogP contribution < -0.4 is 5.73 Å². The number of carbonyl (C=O) groups excluding carboxylic acids is 1. The van der Waals surface area contributed by atoms with Crippen LogP contribution in [0.2, 0.25) is 0 Å². The van der Waals surface area contributed by atoms with Gasteiger partial charge in [0, 0.05) is 6.54 Å². The number of amides is 1. The van der Waals surface area contributed by atoms with E-state index >= 15 is 0 Å². The van der Waals surface area contributed by atoms with Crippen molar-refractivity contribution in [1.29, 1.82) is 0 Å². The van der Waals surface area contributed by atoms with E-state index in [2.05, 4.69) is 0 Å². The van der Waals surface area contributed by atoms with Gasteiger partial charge < -0.3 is 15.4 Å². The quantitative estimate of drug-likeness (QED) is 0.909. The number of nitrogens with two attached hydrogens (primary N) is 1. The molecule has 1 saturated heterocycles. The highest BCUT2D eigenvalue weighted by Gasteiger charge is 2.34. The maximum Gasteiger partial charge on any atom is 0.240 e. The normalized spacial score (nSPS) is 21.2. The minimum Gasteiger partial charge on any atom is -0.370 e. The van der Waals surface area contributed by atoms with Crippen molar-refractivity contribution < 1.29 is 13.9 Å². The van der Waals surface area contributed by atoms with E-state index in [-0.39, 0.29) is 23.2 Å². The molecule has 5 heteroatoms. The molecule has 1 fully saturated rings. The van der Waals surface area contributed by atoms with Crippen molar-refractivity contribution in [1.82, 2.24) is 4.90 Å². The summed E-state index contributed by atoms with van der Waals surface area (Å²) in [7, 11) is 0. The number of rotatable bonds is 2. The number of nitrogens with zero attached hydrogens (tertiary/aromatic N) is 1. The molecule has 2 N–H and O–H groups in total. The predicted molar refractivity (Wildman–Crippen MR) is 79.1 cm³/mol. The Bertz CT molecular complexity index is 513. The molecule has 0 aliphatic carbocycles. The van der Waals surface area contributed by atoms with Gasteiger partial charge in [-0.05, 0) is 23.1 Å². The number of halogens is 1. The van der Waals surface area contributed by atoms with Crippen LogP contribution in [0.1, 0.15) is 32.4 Å². The Labute approximate surface area is 125 Å². The molecule has 0 aromatic heterocycles. The molecule has 21 heavy (non-hydrogen) atoms. The predicted octanol–water partition coefficient (Wildman–Crippen LogP) is 2.10. The molecular formula is C16H23FN2O2. The van der Waals surface area contributed by atoms with Crippen LogP contribution in [0.15, 0.2) is 24.3 Å².